The van der Waals surface area contributed by atoms with Gasteiger partial charge in [-0.15, -0.1) is 0 Å². The lowest BCUT2D eigenvalue weighted by molar-refractivity contribution is -0.116. The molecule has 0 atom stereocenters. The third-order valence-corrected chi connectivity index (χ3v) is 3.43. The highest BCUT2D eigenvalue weighted by Crippen LogP contribution is 2.22. The third-order valence-electron chi connectivity index (χ3n) is 3.43. The summed E-state index contributed by atoms with van der Waals surface area (Å²) in [5.74, 6) is -0.292. The van der Waals surface area contributed by atoms with Gasteiger partial charge in [0.25, 0.3) is 0 Å². The van der Waals surface area contributed by atoms with Crippen molar-refractivity contribution in [2.24, 2.45) is 0 Å². The fourth-order valence-corrected chi connectivity index (χ4v) is 2.38. The van der Waals surface area contributed by atoms with Gasteiger partial charge in [0, 0.05) is 11.1 Å². The first-order valence-electron chi connectivity index (χ1n) is 6.86. The summed E-state index contributed by atoms with van der Waals surface area (Å²) in [6, 6.07) is 17.1. The van der Waals surface area contributed by atoms with Crippen molar-refractivity contribution in [3.63, 3.8) is 0 Å². The maximum absolute atomic E-state index is 12.2. The van der Waals surface area contributed by atoms with E-state index >= 15 is 0 Å². The molecule has 0 saturated carbocycles. The molecule has 1 heterocycles. The van der Waals surface area contributed by atoms with Gasteiger partial charge in [0.2, 0.25) is 5.91 Å². The van der Waals surface area contributed by atoms with Crippen molar-refractivity contribution in [1.82, 2.24) is 9.55 Å². The Hall–Kier alpha value is -3.64. The average Bonchev–Trinajstić information content (AvgIpc) is 2.96. The van der Waals surface area contributed by atoms with E-state index in [9.17, 15) is 4.79 Å². The molecular weight excluding hydrogens is 290 g/mol. The van der Waals surface area contributed by atoms with Crippen molar-refractivity contribution in [3.05, 3.63) is 60.2 Å². The summed E-state index contributed by atoms with van der Waals surface area (Å²) >= 11 is 0. The van der Waals surface area contributed by atoms with Crippen LogP contribution in [0, 0.1) is 22.7 Å². The van der Waals surface area contributed by atoms with Crippen LogP contribution >= 0.6 is 0 Å². The van der Waals surface area contributed by atoms with E-state index in [-0.39, 0.29) is 23.8 Å². The van der Waals surface area contributed by atoms with Crippen LogP contribution in [-0.4, -0.2) is 15.5 Å². The predicted molar refractivity (Wildman–Crippen MR) is 84.2 cm³/mol. The van der Waals surface area contributed by atoms with Crippen molar-refractivity contribution in [1.29, 1.82) is 10.5 Å². The summed E-state index contributed by atoms with van der Waals surface area (Å²) in [4.78, 5) is 16.1. The number of benzene rings is 2. The molecule has 1 N–H and O–H groups in total. The van der Waals surface area contributed by atoms with Crippen LogP contribution < -0.4 is 5.32 Å². The van der Waals surface area contributed by atoms with Gasteiger partial charge in [0.15, 0.2) is 11.4 Å². The minimum atomic E-state index is -0.292. The smallest absolute Gasteiger partial charge is 0.244 e. The molecule has 0 unspecified atom stereocenters. The van der Waals surface area contributed by atoms with Gasteiger partial charge in [-0.3, -0.25) is 4.79 Å². The number of nitriles is 2. The molecule has 0 aliphatic heterocycles. The zero-order valence-corrected chi connectivity index (χ0v) is 12.0. The van der Waals surface area contributed by atoms with E-state index < -0.39 is 0 Å². The number of nitrogens with zero attached hydrogens (tertiary/aromatic N) is 4. The lowest BCUT2D eigenvalue weighted by Gasteiger charge is -2.09. The van der Waals surface area contributed by atoms with Gasteiger partial charge in [-0.05, 0) is 11.5 Å². The van der Waals surface area contributed by atoms with Crippen LogP contribution in [0.2, 0.25) is 0 Å². The van der Waals surface area contributed by atoms with Gasteiger partial charge < -0.3 is 9.88 Å². The molecule has 1 aromatic heterocycles. The van der Waals surface area contributed by atoms with Gasteiger partial charge in [-0.25, -0.2) is 4.98 Å². The Morgan fingerprint density at radius 2 is 1.91 bits per heavy atom. The molecule has 23 heavy (non-hydrogen) atoms. The van der Waals surface area contributed by atoms with Crippen LogP contribution in [-0.2, 0) is 11.3 Å². The number of carbonyl (C=O) groups is 1. The Morgan fingerprint density at radius 3 is 2.70 bits per heavy atom. The molecular formula is C17H11N5O. The topological polar surface area (TPSA) is 94.5 Å². The molecule has 3 aromatic rings. The van der Waals surface area contributed by atoms with Crippen LogP contribution in [0.25, 0.3) is 10.8 Å². The highest BCUT2D eigenvalue weighted by atomic mass is 16.1. The predicted octanol–water partition coefficient (Wildman–Crippen LogP) is 2.42. The van der Waals surface area contributed by atoms with Crippen molar-refractivity contribution >= 4 is 22.4 Å². The Bertz CT molecular complexity index is 969. The summed E-state index contributed by atoms with van der Waals surface area (Å²) in [5.41, 5.74) is 0.804. The van der Waals surface area contributed by atoms with E-state index in [1.54, 1.807) is 0 Å². The molecule has 0 saturated heterocycles. The number of imidazole rings is 1. The van der Waals surface area contributed by atoms with E-state index in [4.69, 9.17) is 10.5 Å². The standard InChI is InChI=1S/C17H11N5O/c18-8-15-16(9-19)22(11-20-15)10-17(23)21-14-7-3-5-12-4-1-2-6-13(12)14/h1-7,11H,10H2,(H,21,23). The summed E-state index contributed by atoms with van der Waals surface area (Å²) in [6.45, 7) is -0.0825. The van der Waals surface area contributed by atoms with Gasteiger partial charge >= 0.3 is 0 Å². The van der Waals surface area contributed by atoms with Crippen molar-refractivity contribution in [3.8, 4) is 12.1 Å². The first-order valence-corrected chi connectivity index (χ1v) is 6.86. The van der Waals surface area contributed by atoms with Crippen LogP contribution in [0.4, 0.5) is 5.69 Å². The minimum Gasteiger partial charge on any atom is -0.324 e. The SMILES string of the molecule is N#Cc1ncn(CC(=O)Nc2cccc3ccccc23)c1C#N. The molecule has 0 spiro atoms. The van der Waals surface area contributed by atoms with Crippen LogP contribution in [0.1, 0.15) is 11.4 Å². The molecule has 0 aliphatic carbocycles. The van der Waals surface area contributed by atoms with E-state index in [1.807, 2.05) is 54.6 Å². The fourth-order valence-electron chi connectivity index (χ4n) is 2.38. The molecule has 0 bridgehead atoms. The highest BCUT2D eigenvalue weighted by Gasteiger charge is 2.13. The summed E-state index contributed by atoms with van der Waals surface area (Å²) in [6.07, 6.45) is 1.32. The van der Waals surface area contributed by atoms with Crippen LogP contribution in [0.5, 0.6) is 0 Å². The van der Waals surface area contributed by atoms with Crippen molar-refractivity contribution in [2.75, 3.05) is 5.32 Å². The number of aromatic nitrogens is 2. The molecule has 1 amide bonds. The summed E-state index contributed by atoms with van der Waals surface area (Å²) in [5, 5.41) is 22.7. The molecule has 110 valence electrons. The third kappa shape index (κ3) is 2.74. The lowest BCUT2D eigenvalue weighted by Crippen LogP contribution is -2.19. The second-order valence-corrected chi connectivity index (χ2v) is 4.87. The Morgan fingerprint density at radius 1 is 1.13 bits per heavy atom. The number of carbonyl (C=O) groups excluding carboxylic acids is 1. The maximum atomic E-state index is 12.2. The number of amides is 1. The van der Waals surface area contributed by atoms with Gasteiger partial charge in [0.1, 0.15) is 18.7 Å². The van der Waals surface area contributed by atoms with E-state index in [1.165, 1.54) is 10.9 Å². The first kappa shape index (κ1) is 14.3. The Kier molecular flexibility index (Phi) is 3.73. The molecule has 6 nitrogen and oxygen atoms in total. The number of nitrogens with one attached hydrogen (secondary N) is 1. The normalized spacial score (nSPS) is 10.0. The first-order chi connectivity index (χ1) is 11.2. The van der Waals surface area contributed by atoms with Gasteiger partial charge in [0.05, 0.1) is 6.33 Å². The Labute approximate surface area is 132 Å². The van der Waals surface area contributed by atoms with E-state index in [0.717, 1.165) is 10.8 Å². The zero-order valence-electron chi connectivity index (χ0n) is 12.0. The van der Waals surface area contributed by atoms with E-state index in [2.05, 4.69) is 10.3 Å². The largest absolute Gasteiger partial charge is 0.324 e. The second-order valence-electron chi connectivity index (χ2n) is 4.87. The lowest BCUT2D eigenvalue weighted by atomic mass is 10.1. The van der Waals surface area contributed by atoms with Gasteiger partial charge in [-0.1, -0.05) is 36.4 Å². The number of hydrogen-bond acceptors (Lipinski definition) is 4. The van der Waals surface area contributed by atoms with E-state index in [0.29, 0.717) is 5.69 Å². The summed E-state index contributed by atoms with van der Waals surface area (Å²) in [7, 11) is 0. The van der Waals surface area contributed by atoms with Crippen molar-refractivity contribution in [2.45, 2.75) is 6.54 Å². The highest BCUT2D eigenvalue weighted by molar-refractivity contribution is 6.02. The fraction of sp³-hybridized carbons (Fsp3) is 0.0588. The molecule has 3 rings (SSSR count). The average molecular weight is 301 g/mol. The molecule has 6 heteroatoms. The molecule has 2 aromatic carbocycles. The van der Waals surface area contributed by atoms with Crippen LogP contribution in [0.3, 0.4) is 0 Å². The van der Waals surface area contributed by atoms with Gasteiger partial charge in [-0.2, -0.15) is 10.5 Å². The van der Waals surface area contributed by atoms with Crippen molar-refractivity contribution < 1.29 is 4.79 Å². The monoisotopic (exact) mass is 301 g/mol. The number of fused-ring (bicyclic) bond motifs is 1. The molecule has 0 aliphatic rings. The second kappa shape index (κ2) is 6.00. The Balaban J connectivity index is 1.84. The quantitative estimate of drug-likeness (QED) is 0.803. The molecule has 0 fully saturated rings. The number of anilines is 1. The zero-order chi connectivity index (χ0) is 16.2. The maximum Gasteiger partial charge on any atom is 0.244 e. The minimum absolute atomic E-state index is 0.0189. The number of hydrogen-bond donors (Lipinski definition) is 1. The number of rotatable bonds is 3. The van der Waals surface area contributed by atoms with Crippen LogP contribution in [0.15, 0.2) is 48.8 Å². The molecule has 0 radical (unpaired) electrons. The summed E-state index contributed by atoms with van der Waals surface area (Å²) < 4.78 is 1.36.